The quantitative estimate of drug-likeness (QED) is 0.775. The van der Waals surface area contributed by atoms with Crippen LogP contribution in [0.15, 0.2) is 41.0 Å². The molecule has 0 unspecified atom stereocenters. The summed E-state index contributed by atoms with van der Waals surface area (Å²) in [6.45, 7) is 0. The highest BCUT2D eigenvalue weighted by Crippen LogP contribution is 2.22. The minimum absolute atomic E-state index is 0.108. The largest absolute Gasteiger partial charge is 0.311 e. The Bertz CT molecular complexity index is 636. The van der Waals surface area contributed by atoms with Crippen molar-refractivity contribution in [3.63, 3.8) is 0 Å². The first kappa shape index (κ1) is 14.0. The molecule has 0 bridgehead atoms. The van der Waals surface area contributed by atoms with Crippen molar-refractivity contribution in [3.8, 4) is 0 Å². The zero-order valence-corrected chi connectivity index (χ0v) is 12.2. The van der Waals surface area contributed by atoms with Crippen molar-refractivity contribution in [3.05, 3.63) is 57.5 Å². The molecule has 98 valence electrons. The number of halogens is 3. The smallest absolute Gasteiger partial charge is 0.261 e. The molecular weight excluding hydrogens is 335 g/mol. The van der Waals surface area contributed by atoms with E-state index in [-0.39, 0.29) is 16.6 Å². The van der Waals surface area contributed by atoms with E-state index in [9.17, 15) is 9.18 Å². The van der Waals surface area contributed by atoms with E-state index in [1.165, 1.54) is 29.3 Å². The number of pyridine rings is 1. The van der Waals surface area contributed by atoms with Gasteiger partial charge in [0.05, 0.1) is 5.56 Å². The van der Waals surface area contributed by atoms with Crippen LogP contribution >= 0.6 is 27.5 Å². The maximum absolute atomic E-state index is 13.2. The average molecular weight is 344 g/mol. The number of nitrogens with zero attached hydrogens (tertiary/aromatic N) is 2. The van der Waals surface area contributed by atoms with Gasteiger partial charge in [-0.25, -0.2) is 9.37 Å². The van der Waals surface area contributed by atoms with Gasteiger partial charge in [0.15, 0.2) is 0 Å². The number of amides is 1. The number of carbonyl (C=O) groups is 1. The number of aromatic nitrogens is 1. The van der Waals surface area contributed by atoms with E-state index in [2.05, 4.69) is 20.9 Å². The van der Waals surface area contributed by atoms with Crippen molar-refractivity contribution in [1.29, 1.82) is 0 Å². The molecule has 1 heterocycles. The van der Waals surface area contributed by atoms with Gasteiger partial charge in [0, 0.05) is 23.4 Å². The summed E-state index contributed by atoms with van der Waals surface area (Å²) in [6, 6.07) is 7.34. The fourth-order valence-corrected chi connectivity index (χ4v) is 2.07. The molecule has 0 saturated heterocycles. The second kappa shape index (κ2) is 5.67. The lowest BCUT2D eigenvalue weighted by Gasteiger charge is -2.17. The Morgan fingerprint density at radius 3 is 2.84 bits per heavy atom. The highest BCUT2D eigenvalue weighted by atomic mass is 79.9. The molecule has 1 amide bonds. The van der Waals surface area contributed by atoms with Crippen LogP contribution < -0.4 is 4.90 Å². The lowest BCUT2D eigenvalue weighted by atomic mass is 10.2. The van der Waals surface area contributed by atoms with Crippen molar-refractivity contribution in [1.82, 2.24) is 4.98 Å². The maximum Gasteiger partial charge on any atom is 0.261 e. The topological polar surface area (TPSA) is 33.2 Å². The lowest BCUT2D eigenvalue weighted by Crippen LogP contribution is -2.26. The summed E-state index contributed by atoms with van der Waals surface area (Å²) in [6.07, 6.45) is 1.50. The van der Waals surface area contributed by atoms with Gasteiger partial charge in [-0.05, 0) is 40.2 Å². The van der Waals surface area contributed by atoms with E-state index in [1.54, 1.807) is 19.2 Å². The van der Waals surface area contributed by atoms with Crippen molar-refractivity contribution < 1.29 is 9.18 Å². The highest BCUT2D eigenvalue weighted by molar-refractivity contribution is 9.10. The third-order valence-electron chi connectivity index (χ3n) is 2.54. The molecule has 2 rings (SSSR count). The Morgan fingerprint density at radius 2 is 2.16 bits per heavy atom. The molecular formula is C13H9BrClFN2O. The lowest BCUT2D eigenvalue weighted by molar-refractivity contribution is 0.0992. The molecule has 2 aromatic rings. The van der Waals surface area contributed by atoms with Gasteiger partial charge in [-0.1, -0.05) is 17.7 Å². The standard InChI is InChI=1S/C13H9BrClFN2O/c1-18(10-4-2-3-9(16)6-10)13(19)11-5-8(14)7-17-12(11)15/h2-7H,1H3. The highest BCUT2D eigenvalue weighted by Gasteiger charge is 2.18. The first-order valence-electron chi connectivity index (χ1n) is 5.33. The zero-order chi connectivity index (χ0) is 14.0. The van der Waals surface area contributed by atoms with Gasteiger partial charge < -0.3 is 4.90 Å². The van der Waals surface area contributed by atoms with Gasteiger partial charge in [-0.15, -0.1) is 0 Å². The predicted molar refractivity (Wildman–Crippen MR) is 76.1 cm³/mol. The number of hydrogen-bond donors (Lipinski definition) is 0. The van der Waals surface area contributed by atoms with Crippen LogP contribution in [0.4, 0.5) is 10.1 Å². The minimum Gasteiger partial charge on any atom is -0.311 e. The molecule has 0 aliphatic heterocycles. The van der Waals surface area contributed by atoms with Crippen LogP contribution in [0.2, 0.25) is 5.15 Å². The molecule has 19 heavy (non-hydrogen) atoms. The van der Waals surface area contributed by atoms with Crippen LogP contribution in [0, 0.1) is 5.82 Å². The average Bonchev–Trinajstić information content (AvgIpc) is 2.40. The summed E-state index contributed by atoms with van der Waals surface area (Å²) < 4.78 is 13.8. The van der Waals surface area contributed by atoms with Gasteiger partial charge in [0.25, 0.3) is 5.91 Å². The van der Waals surface area contributed by atoms with E-state index in [0.717, 1.165) is 0 Å². The third-order valence-corrected chi connectivity index (χ3v) is 3.27. The maximum atomic E-state index is 13.2. The molecule has 0 aliphatic rings. The van der Waals surface area contributed by atoms with E-state index >= 15 is 0 Å². The molecule has 6 heteroatoms. The van der Waals surface area contributed by atoms with Gasteiger partial charge >= 0.3 is 0 Å². The van der Waals surface area contributed by atoms with E-state index < -0.39 is 5.82 Å². The van der Waals surface area contributed by atoms with Crippen molar-refractivity contribution in [2.75, 3.05) is 11.9 Å². The summed E-state index contributed by atoms with van der Waals surface area (Å²) in [4.78, 5) is 17.5. The first-order valence-corrected chi connectivity index (χ1v) is 6.51. The van der Waals surface area contributed by atoms with Crippen molar-refractivity contribution in [2.45, 2.75) is 0 Å². The van der Waals surface area contributed by atoms with E-state index in [1.807, 2.05) is 0 Å². The number of anilines is 1. The Labute approximate surface area is 123 Å². The SMILES string of the molecule is CN(C(=O)c1cc(Br)cnc1Cl)c1cccc(F)c1. The number of benzene rings is 1. The van der Waals surface area contributed by atoms with Crippen LogP contribution in [-0.4, -0.2) is 17.9 Å². The summed E-state index contributed by atoms with van der Waals surface area (Å²) in [7, 11) is 1.55. The Morgan fingerprint density at radius 1 is 1.42 bits per heavy atom. The fourth-order valence-electron chi connectivity index (χ4n) is 1.56. The van der Waals surface area contributed by atoms with Crippen LogP contribution in [0.25, 0.3) is 0 Å². The molecule has 0 saturated carbocycles. The van der Waals surface area contributed by atoms with Crippen molar-refractivity contribution in [2.24, 2.45) is 0 Å². The molecule has 3 nitrogen and oxygen atoms in total. The molecule has 0 fully saturated rings. The number of hydrogen-bond acceptors (Lipinski definition) is 2. The second-order valence-electron chi connectivity index (χ2n) is 3.84. The van der Waals surface area contributed by atoms with Gasteiger partial charge in [0.1, 0.15) is 11.0 Å². The van der Waals surface area contributed by atoms with Crippen LogP contribution in [0.1, 0.15) is 10.4 Å². The normalized spacial score (nSPS) is 10.3. The first-order chi connectivity index (χ1) is 8.99. The predicted octanol–water partition coefficient (Wildman–Crippen LogP) is 3.91. The minimum atomic E-state index is -0.407. The second-order valence-corrected chi connectivity index (χ2v) is 5.11. The summed E-state index contributed by atoms with van der Waals surface area (Å²) >= 11 is 9.13. The van der Waals surface area contributed by atoms with Gasteiger partial charge in [-0.3, -0.25) is 4.79 Å². The molecule has 0 atom stereocenters. The Kier molecular flexibility index (Phi) is 4.17. The van der Waals surface area contributed by atoms with Crippen molar-refractivity contribution >= 4 is 39.1 Å². The molecule has 0 N–H and O–H groups in total. The molecule has 1 aromatic carbocycles. The van der Waals surface area contributed by atoms with Crippen LogP contribution in [0.3, 0.4) is 0 Å². The monoisotopic (exact) mass is 342 g/mol. The third kappa shape index (κ3) is 3.11. The molecule has 0 spiro atoms. The molecule has 0 radical (unpaired) electrons. The van der Waals surface area contributed by atoms with Crippen LogP contribution in [0.5, 0.6) is 0 Å². The Hall–Kier alpha value is -1.46. The number of rotatable bonds is 2. The van der Waals surface area contributed by atoms with E-state index in [0.29, 0.717) is 10.2 Å². The van der Waals surface area contributed by atoms with Gasteiger partial charge in [0.2, 0.25) is 0 Å². The summed E-state index contributed by atoms with van der Waals surface area (Å²) in [5.41, 5.74) is 0.698. The Balaban J connectivity index is 2.36. The fraction of sp³-hybridized carbons (Fsp3) is 0.0769. The van der Waals surface area contributed by atoms with Crippen LogP contribution in [-0.2, 0) is 0 Å². The summed E-state index contributed by atoms with van der Waals surface area (Å²) in [5.74, 6) is -0.764. The van der Waals surface area contributed by atoms with Gasteiger partial charge in [-0.2, -0.15) is 0 Å². The van der Waals surface area contributed by atoms with E-state index in [4.69, 9.17) is 11.6 Å². The summed E-state index contributed by atoms with van der Waals surface area (Å²) in [5, 5.41) is 0.108. The zero-order valence-electron chi connectivity index (χ0n) is 9.90. The molecule has 0 aliphatic carbocycles. The number of carbonyl (C=O) groups excluding carboxylic acids is 1. The molecule has 1 aromatic heterocycles.